The van der Waals surface area contributed by atoms with E-state index in [0.717, 1.165) is 65.8 Å². The normalized spacial score (nSPS) is 19.8. The second-order valence-electron chi connectivity index (χ2n) is 10.5. The van der Waals surface area contributed by atoms with Crippen molar-refractivity contribution in [2.24, 2.45) is 0 Å². The Bertz CT molecular complexity index is 1560. The van der Waals surface area contributed by atoms with Gasteiger partial charge in [0.2, 0.25) is 0 Å². The van der Waals surface area contributed by atoms with Gasteiger partial charge < -0.3 is 21.4 Å². The molecule has 2 bridgehead atoms. The number of carbonyl (C=O) groups excluding carboxylic acids is 1. The number of anilines is 1. The minimum atomic E-state index is 0.0250. The molecule has 6 heterocycles. The molecule has 4 aromatic rings. The van der Waals surface area contributed by atoms with Crippen molar-refractivity contribution in [1.82, 2.24) is 40.0 Å². The summed E-state index contributed by atoms with van der Waals surface area (Å²) in [6, 6.07) is 6.12. The summed E-state index contributed by atoms with van der Waals surface area (Å²) in [5, 5.41) is 19.9. The zero-order chi connectivity index (χ0) is 29.1. The Morgan fingerprint density at radius 1 is 1.22 bits per heavy atom. The van der Waals surface area contributed by atoms with Gasteiger partial charge in [-0.2, -0.15) is 14.7 Å². The zero-order valence-corrected chi connectivity index (χ0v) is 23.5. The number of nitrogen functional groups attached to an aromatic ring is 1. The summed E-state index contributed by atoms with van der Waals surface area (Å²) in [6.07, 6.45) is 13.6. The van der Waals surface area contributed by atoms with Crippen molar-refractivity contribution in [1.29, 1.82) is 5.41 Å². The Morgan fingerprint density at radius 2 is 1.98 bits per heavy atom. The maximum atomic E-state index is 13.2. The van der Waals surface area contributed by atoms with Crippen LogP contribution in [0, 0.1) is 5.41 Å². The third kappa shape index (κ3) is 5.10. The van der Waals surface area contributed by atoms with Crippen LogP contribution in [-0.2, 0) is 6.42 Å². The van der Waals surface area contributed by atoms with Crippen molar-refractivity contribution in [2.45, 2.75) is 57.0 Å². The lowest BCUT2D eigenvalue weighted by Crippen LogP contribution is -2.46. The van der Waals surface area contributed by atoms with Crippen LogP contribution >= 0.6 is 0 Å². The van der Waals surface area contributed by atoms with Gasteiger partial charge in [0.1, 0.15) is 11.5 Å². The number of nitrogens with zero attached hydrogens (tertiary/aromatic N) is 6. The molecule has 0 spiro atoms. The number of aromatic nitrogens is 6. The highest BCUT2D eigenvalue weighted by molar-refractivity contribution is 5.93. The molecule has 11 heteroatoms. The monoisotopic (exact) mass is 552 g/mol. The number of nitrogens with one attached hydrogen (secondary N) is 3. The van der Waals surface area contributed by atoms with E-state index in [-0.39, 0.29) is 23.9 Å². The van der Waals surface area contributed by atoms with E-state index in [2.05, 4.69) is 49.9 Å². The van der Waals surface area contributed by atoms with Crippen molar-refractivity contribution >= 4 is 29.7 Å². The highest BCUT2D eigenvalue weighted by Gasteiger charge is 2.45. The van der Waals surface area contributed by atoms with Gasteiger partial charge in [-0.05, 0) is 63.2 Å². The first-order valence-electron chi connectivity index (χ1n) is 13.7. The first kappa shape index (κ1) is 27.8. The standard InChI is InChI=1S/C29H33N9O.CH3N/c1-17(2)25-26(19-13-21-8-9-22(14-19)37(21)29(39)24-10-12-33-36-24)35-28-23(16-34-38(28)27(25)30)18-6-7-20(32-15-18)5-4-11-31-3;1-2/h4,6-7,10-12,15-16,19,21-22,31H,1,5,8-9,13-14,30H2,2-3H3,(H,33,36);2H,1H2/b11-4-;. The lowest BCUT2D eigenvalue weighted by molar-refractivity contribution is 0.0563. The molecule has 2 aliphatic heterocycles. The number of pyridine rings is 1. The van der Waals surface area contributed by atoms with Crippen molar-refractivity contribution in [2.75, 3.05) is 12.8 Å². The molecule has 0 aromatic carbocycles. The maximum Gasteiger partial charge on any atom is 0.272 e. The molecule has 6 rings (SSSR count). The van der Waals surface area contributed by atoms with E-state index in [1.165, 1.54) is 0 Å². The van der Waals surface area contributed by atoms with Crippen molar-refractivity contribution < 1.29 is 4.79 Å². The van der Waals surface area contributed by atoms with E-state index in [1.54, 1.807) is 23.0 Å². The van der Waals surface area contributed by atoms with Gasteiger partial charge in [-0.25, -0.2) is 4.98 Å². The Labute approximate surface area is 239 Å². The number of amides is 1. The van der Waals surface area contributed by atoms with E-state index in [1.807, 2.05) is 38.5 Å². The SMILES string of the molecule is C=C(C)c1c(C2CC3CCC(C2)N3C(=O)c2ccn[nH]2)nc2c(-c3ccc(C/C=C\NC)nc3)cnn2c1N.C=N. The maximum absolute atomic E-state index is 13.2. The van der Waals surface area contributed by atoms with Crippen LogP contribution in [0.5, 0.6) is 0 Å². The van der Waals surface area contributed by atoms with E-state index in [0.29, 0.717) is 17.2 Å². The fraction of sp³-hybridized carbons (Fsp3) is 0.333. The smallest absolute Gasteiger partial charge is 0.272 e. The van der Waals surface area contributed by atoms with Crippen LogP contribution < -0.4 is 11.1 Å². The number of piperidine rings is 1. The summed E-state index contributed by atoms with van der Waals surface area (Å²) >= 11 is 0. The summed E-state index contributed by atoms with van der Waals surface area (Å²) < 4.78 is 1.71. The van der Waals surface area contributed by atoms with Gasteiger partial charge >= 0.3 is 0 Å². The Morgan fingerprint density at radius 3 is 2.59 bits per heavy atom. The number of hydrogen-bond acceptors (Lipinski definition) is 8. The quantitative estimate of drug-likeness (QED) is 0.250. The molecule has 2 saturated heterocycles. The molecule has 2 unspecified atom stereocenters. The number of aromatic amines is 1. The Hall–Kier alpha value is -4.80. The van der Waals surface area contributed by atoms with Gasteiger partial charge in [0.25, 0.3) is 5.91 Å². The second kappa shape index (κ2) is 11.7. The van der Waals surface area contributed by atoms with Crippen molar-refractivity contribution in [3.05, 3.63) is 78.3 Å². The Balaban J connectivity index is 0.00000165. The topological polar surface area (TPSA) is 154 Å². The molecule has 41 heavy (non-hydrogen) atoms. The van der Waals surface area contributed by atoms with Gasteiger partial charge in [-0.3, -0.25) is 14.9 Å². The second-order valence-corrected chi connectivity index (χ2v) is 10.5. The number of allylic oxidation sites excluding steroid dienone is 2. The number of rotatable bonds is 7. The molecule has 212 valence electrons. The molecule has 2 aliphatic rings. The molecule has 0 aliphatic carbocycles. The predicted octanol–water partition coefficient (Wildman–Crippen LogP) is 4.22. The summed E-state index contributed by atoms with van der Waals surface area (Å²) in [7, 11) is 1.87. The van der Waals surface area contributed by atoms with Crippen LogP contribution in [0.1, 0.15) is 66.0 Å². The number of fused-ring (bicyclic) bond motifs is 3. The summed E-state index contributed by atoms with van der Waals surface area (Å²) in [5.41, 5.74) is 13.4. The summed E-state index contributed by atoms with van der Waals surface area (Å²) in [4.78, 5) is 25.1. The molecule has 1 amide bonds. The third-order valence-electron chi connectivity index (χ3n) is 7.97. The van der Waals surface area contributed by atoms with Crippen LogP contribution in [0.15, 0.2) is 55.6 Å². The van der Waals surface area contributed by atoms with E-state index in [4.69, 9.17) is 16.1 Å². The number of H-pyrrole nitrogens is 1. The first-order valence-corrected chi connectivity index (χ1v) is 13.7. The largest absolute Gasteiger partial charge is 0.394 e. The minimum Gasteiger partial charge on any atom is -0.394 e. The molecule has 0 saturated carbocycles. The van der Waals surface area contributed by atoms with Gasteiger partial charge in [-0.15, -0.1) is 0 Å². The van der Waals surface area contributed by atoms with Crippen LogP contribution in [-0.4, -0.2) is 66.4 Å². The fourth-order valence-electron chi connectivity index (χ4n) is 6.22. The zero-order valence-electron chi connectivity index (χ0n) is 23.5. The highest BCUT2D eigenvalue weighted by atomic mass is 16.2. The lowest BCUT2D eigenvalue weighted by Gasteiger charge is -2.39. The highest BCUT2D eigenvalue weighted by Crippen LogP contribution is 2.45. The molecular formula is C30H36N10O. The molecule has 2 atom stereocenters. The predicted molar refractivity (Wildman–Crippen MR) is 161 cm³/mol. The van der Waals surface area contributed by atoms with E-state index < -0.39 is 0 Å². The minimum absolute atomic E-state index is 0.0250. The summed E-state index contributed by atoms with van der Waals surface area (Å²) in [6.45, 7) is 8.69. The fourth-order valence-corrected chi connectivity index (χ4v) is 6.22. The molecule has 2 fully saturated rings. The van der Waals surface area contributed by atoms with E-state index in [9.17, 15) is 4.79 Å². The molecule has 11 nitrogen and oxygen atoms in total. The van der Waals surface area contributed by atoms with Crippen LogP contribution in [0.25, 0.3) is 22.3 Å². The first-order chi connectivity index (χ1) is 20.0. The molecular weight excluding hydrogens is 516 g/mol. The van der Waals surface area contributed by atoms with Gasteiger partial charge in [0, 0.05) is 66.2 Å². The molecule has 4 aromatic heterocycles. The third-order valence-corrected chi connectivity index (χ3v) is 7.97. The van der Waals surface area contributed by atoms with Crippen LogP contribution in [0.2, 0.25) is 0 Å². The average molecular weight is 553 g/mol. The van der Waals surface area contributed by atoms with Crippen molar-refractivity contribution in [3.63, 3.8) is 0 Å². The molecule has 0 radical (unpaired) electrons. The van der Waals surface area contributed by atoms with E-state index >= 15 is 0 Å². The van der Waals surface area contributed by atoms with Gasteiger partial charge in [-0.1, -0.05) is 18.7 Å². The molecule has 5 N–H and O–H groups in total. The number of carbonyl (C=O) groups is 1. The number of nitrogens with two attached hydrogens (primary N) is 1. The van der Waals surface area contributed by atoms with Crippen molar-refractivity contribution in [3.8, 4) is 11.1 Å². The van der Waals surface area contributed by atoms with Crippen LogP contribution in [0.4, 0.5) is 5.82 Å². The lowest BCUT2D eigenvalue weighted by atomic mass is 9.84. The average Bonchev–Trinajstić information content (AvgIpc) is 3.73. The van der Waals surface area contributed by atoms with Gasteiger partial charge in [0.15, 0.2) is 5.65 Å². The summed E-state index contributed by atoms with van der Waals surface area (Å²) in [5.74, 6) is 0.727. The Kier molecular flexibility index (Phi) is 7.95. The number of hydrogen-bond donors (Lipinski definition) is 4. The van der Waals surface area contributed by atoms with Gasteiger partial charge in [0.05, 0.1) is 11.9 Å². The van der Waals surface area contributed by atoms with Crippen LogP contribution in [0.3, 0.4) is 0 Å².